The molecule has 0 aliphatic rings. The van der Waals surface area contributed by atoms with Gasteiger partial charge < -0.3 is 15.8 Å². The van der Waals surface area contributed by atoms with Gasteiger partial charge in [-0.25, -0.2) is 14.4 Å². The minimum atomic E-state index is -1.27. The smallest absolute Gasteiger partial charge is 0.241 e. The van der Waals surface area contributed by atoms with E-state index >= 15 is 0 Å². The van der Waals surface area contributed by atoms with Crippen LogP contribution in [0.25, 0.3) is 28.5 Å². The van der Waals surface area contributed by atoms with Crippen molar-refractivity contribution in [2.45, 2.75) is 19.4 Å². The van der Waals surface area contributed by atoms with E-state index in [1.807, 2.05) is 0 Å². The van der Waals surface area contributed by atoms with E-state index in [0.29, 0.717) is 28.0 Å². The average Bonchev–Trinajstić information content (AvgIpc) is 2.93. The van der Waals surface area contributed by atoms with Crippen LogP contribution in [0.5, 0.6) is 0 Å². The molecule has 25 heavy (non-hydrogen) atoms. The van der Waals surface area contributed by atoms with E-state index in [0.717, 1.165) is 0 Å². The maximum Gasteiger partial charge on any atom is 0.241 e. The van der Waals surface area contributed by atoms with Crippen LogP contribution in [0.15, 0.2) is 36.7 Å². The number of primary amides is 1. The van der Waals surface area contributed by atoms with E-state index in [2.05, 4.69) is 15.0 Å². The van der Waals surface area contributed by atoms with Crippen LogP contribution >= 0.6 is 0 Å². The predicted octanol–water partition coefficient (Wildman–Crippen LogP) is 2.49. The molecule has 0 aliphatic heterocycles. The van der Waals surface area contributed by atoms with Gasteiger partial charge in [-0.3, -0.25) is 4.79 Å². The highest BCUT2D eigenvalue weighted by atomic mass is 19.1. The number of nitrogens with zero attached hydrogens (tertiary/aromatic N) is 2. The fraction of sp³-hybridized carbons (Fsp3) is 0.167. The van der Waals surface area contributed by atoms with Crippen molar-refractivity contribution < 1.29 is 14.3 Å². The monoisotopic (exact) mass is 340 g/mol. The molecule has 0 aliphatic carbocycles. The van der Waals surface area contributed by atoms with Crippen LogP contribution in [0.2, 0.25) is 0 Å². The van der Waals surface area contributed by atoms with Crippen molar-refractivity contribution in [3.05, 3.63) is 53.6 Å². The van der Waals surface area contributed by atoms with Crippen molar-refractivity contribution in [1.82, 2.24) is 15.0 Å². The molecule has 2 aromatic heterocycles. The first kappa shape index (κ1) is 16.8. The van der Waals surface area contributed by atoms with Gasteiger partial charge in [0.25, 0.3) is 0 Å². The Labute approximate surface area is 143 Å². The van der Waals surface area contributed by atoms with Crippen LogP contribution in [-0.2, 0) is 10.4 Å². The highest BCUT2D eigenvalue weighted by molar-refractivity contribution is 5.93. The Morgan fingerprint density at radius 3 is 2.80 bits per heavy atom. The molecular formula is C18H17FN4O2. The SMILES string of the molecule is CC(C)(O)c1ccc(-c2cnc3[nH]cc(/C=C/C(N)=O)c3n2)cc1F. The van der Waals surface area contributed by atoms with Gasteiger partial charge in [-0.1, -0.05) is 12.1 Å². The van der Waals surface area contributed by atoms with Crippen molar-refractivity contribution >= 4 is 23.1 Å². The number of nitrogens with one attached hydrogen (secondary N) is 1. The summed E-state index contributed by atoms with van der Waals surface area (Å²) in [7, 11) is 0. The molecule has 3 rings (SSSR count). The molecule has 2 heterocycles. The minimum Gasteiger partial charge on any atom is -0.386 e. The molecule has 1 aromatic carbocycles. The Balaban J connectivity index is 2.06. The molecule has 4 N–H and O–H groups in total. The summed E-state index contributed by atoms with van der Waals surface area (Å²) in [5, 5.41) is 9.97. The number of hydrogen-bond acceptors (Lipinski definition) is 4. The fourth-order valence-corrected chi connectivity index (χ4v) is 2.52. The van der Waals surface area contributed by atoms with Crippen LogP contribution < -0.4 is 5.73 Å². The third kappa shape index (κ3) is 3.41. The van der Waals surface area contributed by atoms with Crippen molar-refractivity contribution in [3.63, 3.8) is 0 Å². The van der Waals surface area contributed by atoms with Crippen molar-refractivity contribution in [2.75, 3.05) is 0 Å². The van der Waals surface area contributed by atoms with Gasteiger partial charge in [-0.05, 0) is 26.0 Å². The number of aromatic amines is 1. The highest BCUT2D eigenvalue weighted by Crippen LogP contribution is 2.28. The molecule has 0 atom stereocenters. The number of carbonyl (C=O) groups excluding carboxylic acids is 1. The number of benzene rings is 1. The zero-order chi connectivity index (χ0) is 18.2. The lowest BCUT2D eigenvalue weighted by atomic mass is 9.96. The Kier molecular flexibility index (Phi) is 4.10. The topological polar surface area (TPSA) is 105 Å². The Hall–Kier alpha value is -3.06. The molecule has 128 valence electrons. The van der Waals surface area contributed by atoms with E-state index in [1.54, 1.807) is 12.3 Å². The summed E-state index contributed by atoms with van der Waals surface area (Å²) >= 11 is 0. The molecule has 0 radical (unpaired) electrons. The summed E-state index contributed by atoms with van der Waals surface area (Å²) in [6.07, 6.45) is 5.96. The Morgan fingerprint density at radius 2 is 2.16 bits per heavy atom. The third-order valence-electron chi connectivity index (χ3n) is 3.76. The summed E-state index contributed by atoms with van der Waals surface area (Å²) in [6, 6.07) is 4.52. The lowest BCUT2D eigenvalue weighted by molar-refractivity contribution is -0.113. The van der Waals surface area contributed by atoms with E-state index in [-0.39, 0.29) is 5.56 Å². The molecule has 1 amide bonds. The third-order valence-corrected chi connectivity index (χ3v) is 3.76. The van der Waals surface area contributed by atoms with E-state index in [1.165, 1.54) is 44.3 Å². The summed E-state index contributed by atoms with van der Waals surface area (Å²) in [5.41, 5.74) is 6.78. The van der Waals surface area contributed by atoms with Gasteiger partial charge in [0.15, 0.2) is 5.65 Å². The standard InChI is InChI=1S/C18H17FN4O2/c1-18(2,25)12-5-3-10(7-13(12)19)14-9-22-17-16(23-14)11(8-21-17)4-6-15(20)24/h3-9,25H,1-2H3,(H2,20,24)(H,21,22)/b6-4+. The molecule has 7 heteroatoms. The van der Waals surface area contributed by atoms with Gasteiger partial charge in [0.05, 0.1) is 17.5 Å². The second-order valence-electron chi connectivity index (χ2n) is 6.19. The molecule has 6 nitrogen and oxygen atoms in total. The lowest BCUT2D eigenvalue weighted by Gasteiger charge is -2.18. The molecule has 0 spiro atoms. The van der Waals surface area contributed by atoms with E-state index in [4.69, 9.17) is 5.73 Å². The first-order valence-corrected chi connectivity index (χ1v) is 7.60. The number of halogens is 1. The van der Waals surface area contributed by atoms with Gasteiger partial charge in [0, 0.05) is 29.0 Å². The zero-order valence-electron chi connectivity index (χ0n) is 13.7. The van der Waals surface area contributed by atoms with Crippen molar-refractivity contribution in [2.24, 2.45) is 5.73 Å². The minimum absolute atomic E-state index is 0.206. The lowest BCUT2D eigenvalue weighted by Crippen LogP contribution is -2.17. The molecule has 3 aromatic rings. The number of aliphatic hydroxyl groups is 1. The van der Waals surface area contributed by atoms with Crippen LogP contribution in [0, 0.1) is 5.82 Å². The molecule has 0 fully saturated rings. The summed E-state index contributed by atoms with van der Waals surface area (Å²) in [6.45, 7) is 3.04. The fourth-order valence-electron chi connectivity index (χ4n) is 2.52. The first-order valence-electron chi connectivity index (χ1n) is 7.60. The molecule has 0 saturated heterocycles. The number of rotatable bonds is 4. The van der Waals surface area contributed by atoms with Gasteiger partial charge in [0.1, 0.15) is 11.3 Å². The quantitative estimate of drug-likeness (QED) is 0.635. The normalized spacial score (nSPS) is 12.2. The number of hydrogen-bond donors (Lipinski definition) is 3. The number of carbonyl (C=O) groups is 1. The number of H-pyrrole nitrogens is 1. The van der Waals surface area contributed by atoms with Crippen LogP contribution in [0.1, 0.15) is 25.0 Å². The molecular weight excluding hydrogens is 323 g/mol. The number of amides is 1. The maximum absolute atomic E-state index is 14.3. The van der Waals surface area contributed by atoms with Gasteiger partial charge in [-0.15, -0.1) is 0 Å². The zero-order valence-corrected chi connectivity index (χ0v) is 13.7. The van der Waals surface area contributed by atoms with Crippen LogP contribution in [0.3, 0.4) is 0 Å². The summed E-state index contributed by atoms with van der Waals surface area (Å²) in [4.78, 5) is 22.6. The number of fused-ring (bicyclic) bond motifs is 1. The number of nitrogens with two attached hydrogens (primary N) is 1. The van der Waals surface area contributed by atoms with E-state index < -0.39 is 17.3 Å². The Bertz CT molecular complexity index is 986. The van der Waals surface area contributed by atoms with Gasteiger partial charge in [0.2, 0.25) is 5.91 Å². The predicted molar refractivity (Wildman–Crippen MR) is 92.8 cm³/mol. The first-order chi connectivity index (χ1) is 11.8. The van der Waals surface area contributed by atoms with Gasteiger partial charge in [-0.2, -0.15) is 0 Å². The molecule has 0 unspecified atom stereocenters. The van der Waals surface area contributed by atoms with Crippen molar-refractivity contribution in [3.8, 4) is 11.3 Å². The number of aromatic nitrogens is 3. The highest BCUT2D eigenvalue weighted by Gasteiger charge is 2.21. The Morgan fingerprint density at radius 1 is 1.40 bits per heavy atom. The van der Waals surface area contributed by atoms with Crippen LogP contribution in [-0.4, -0.2) is 26.0 Å². The maximum atomic E-state index is 14.3. The van der Waals surface area contributed by atoms with Gasteiger partial charge >= 0.3 is 0 Å². The largest absolute Gasteiger partial charge is 0.386 e. The average molecular weight is 340 g/mol. The van der Waals surface area contributed by atoms with Crippen molar-refractivity contribution in [1.29, 1.82) is 0 Å². The molecule has 0 saturated carbocycles. The summed E-state index contributed by atoms with van der Waals surface area (Å²) in [5.74, 6) is -1.09. The molecule has 0 bridgehead atoms. The summed E-state index contributed by atoms with van der Waals surface area (Å²) < 4.78 is 14.3. The van der Waals surface area contributed by atoms with E-state index in [9.17, 15) is 14.3 Å². The second-order valence-corrected chi connectivity index (χ2v) is 6.19. The van der Waals surface area contributed by atoms with Crippen LogP contribution in [0.4, 0.5) is 4.39 Å². The second kappa shape index (κ2) is 6.10.